The average Bonchev–Trinajstić information content (AvgIpc) is 2.80. The smallest absolute Gasteiger partial charge is 0.324 e. The summed E-state index contributed by atoms with van der Waals surface area (Å²) in [6.45, 7) is 5.71. The summed E-state index contributed by atoms with van der Waals surface area (Å²) < 4.78 is 37.5. The molecule has 3 rings (SSSR count). The molecule has 1 heterocycles. The van der Waals surface area contributed by atoms with Crippen molar-refractivity contribution in [3.8, 4) is 0 Å². The molecule has 1 saturated heterocycles. The molecule has 1 aliphatic heterocycles. The number of carbonyl (C=O) groups is 2. The number of ether oxygens (including phenoxy) is 2. The average molecular weight is 496 g/mol. The van der Waals surface area contributed by atoms with E-state index < -0.39 is 34.0 Å². The monoisotopic (exact) mass is 495 g/mol. The van der Waals surface area contributed by atoms with Gasteiger partial charge >= 0.3 is 5.97 Å². The summed E-state index contributed by atoms with van der Waals surface area (Å²) in [6.07, 6.45) is -1.13. The normalized spacial score (nSPS) is 16.0. The van der Waals surface area contributed by atoms with Crippen molar-refractivity contribution in [3.63, 3.8) is 0 Å². The highest BCUT2D eigenvalue weighted by Crippen LogP contribution is 2.19. The van der Waals surface area contributed by atoms with Gasteiger partial charge < -0.3 is 19.7 Å². The van der Waals surface area contributed by atoms with E-state index in [1.807, 2.05) is 12.1 Å². The predicted octanol–water partition coefficient (Wildman–Crippen LogP) is 2.41. The number of sulfonamides is 1. The Kier molecular flexibility index (Phi) is 8.30. The van der Waals surface area contributed by atoms with Gasteiger partial charge in [-0.05, 0) is 62.4 Å². The Bertz CT molecular complexity index is 1070. The zero-order valence-electron chi connectivity index (χ0n) is 18.3. The van der Waals surface area contributed by atoms with Gasteiger partial charge in [0.15, 0.2) is 6.10 Å². The molecule has 1 aliphatic rings. The van der Waals surface area contributed by atoms with Crippen molar-refractivity contribution < 1.29 is 27.5 Å². The van der Waals surface area contributed by atoms with Gasteiger partial charge in [-0.1, -0.05) is 11.6 Å². The molecule has 1 fully saturated rings. The SMILES string of the molecule is CC(NS(=O)(=O)c1ccc(Cl)cc1)C(=O)OC(C)C(=O)Nc1ccc(N2CCOCC2)cc1. The first kappa shape index (κ1) is 25.0. The van der Waals surface area contributed by atoms with Gasteiger partial charge in [-0.25, -0.2) is 8.42 Å². The molecule has 2 atom stereocenters. The Hall–Kier alpha value is -2.66. The summed E-state index contributed by atoms with van der Waals surface area (Å²) in [5.41, 5.74) is 1.58. The van der Waals surface area contributed by atoms with Crippen molar-refractivity contribution in [1.29, 1.82) is 0 Å². The third-order valence-electron chi connectivity index (χ3n) is 4.98. The molecule has 0 bridgehead atoms. The number of halogens is 1. The molecule has 9 nitrogen and oxygen atoms in total. The lowest BCUT2D eigenvalue weighted by atomic mass is 10.2. The number of nitrogens with one attached hydrogen (secondary N) is 2. The fraction of sp³-hybridized carbons (Fsp3) is 0.364. The number of carbonyl (C=O) groups excluding carboxylic acids is 2. The Balaban J connectivity index is 1.52. The molecule has 2 N–H and O–H groups in total. The van der Waals surface area contributed by atoms with Crippen LogP contribution in [0.2, 0.25) is 5.02 Å². The number of hydrogen-bond donors (Lipinski definition) is 2. The third kappa shape index (κ3) is 6.91. The van der Waals surface area contributed by atoms with Gasteiger partial charge in [0.05, 0.1) is 18.1 Å². The Morgan fingerprint density at radius 1 is 1.03 bits per heavy atom. The number of amides is 1. The quantitative estimate of drug-likeness (QED) is 0.540. The van der Waals surface area contributed by atoms with E-state index >= 15 is 0 Å². The number of hydrogen-bond acceptors (Lipinski definition) is 7. The van der Waals surface area contributed by atoms with Gasteiger partial charge in [-0.15, -0.1) is 0 Å². The topological polar surface area (TPSA) is 114 Å². The number of benzene rings is 2. The molecule has 0 spiro atoms. The minimum atomic E-state index is -3.96. The maximum atomic E-state index is 12.4. The molecule has 33 heavy (non-hydrogen) atoms. The lowest BCUT2D eigenvalue weighted by Crippen LogP contribution is -2.42. The zero-order valence-corrected chi connectivity index (χ0v) is 19.9. The van der Waals surface area contributed by atoms with Crippen LogP contribution >= 0.6 is 11.6 Å². The molecular formula is C22H26ClN3O6S. The molecule has 11 heteroatoms. The Labute approximate surface area is 198 Å². The summed E-state index contributed by atoms with van der Waals surface area (Å²) in [4.78, 5) is 26.9. The molecule has 0 saturated carbocycles. The fourth-order valence-electron chi connectivity index (χ4n) is 3.11. The van der Waals surface area contributed by atoms with Crippen molar-refractivity contribution in [3.05, 3.63) is 53.6 Å². The van der Waals surface area contributed by atoms with Crippen molar-refractivity contribution in [1.82, 2.24) is 4.72 Å². The molecular weight excluding hydrogens is 470 g/mol. The lowest BCUT2D eigenvalue weighted by Gasteiger charge is -2.29. The first-order valence-corrected chi connectivity index (χ1v) is 12.2. The van der Waals surface area contributed by atoms with Gasteiger partial charge in [-0.2, -0.15) is 4.72 Å². The van der Waals surface area contributed by atoms with Crippen LogP contribution in [0.25, 0.3) is 0 Å². The van der Waals surface area contributed by atoms with Gasteiger partial charge in [0, 0.05) is 29.5 Å². The highest BCUT2D eigenvalue weighted by molar-refractivity contribution is 7.89. The molecule has 178 valence electrons. The van der Waals surface area contributed by atoms with E-state index in [1.54, 1.807) is 12.1 Å². The minimum absolute atomic E-state index is 0.0436. The molecule has 2 aromatic rings. The van der Waals surface area contributed by atoms with Gasteiger partial charge in [0.2, 0.25) is 10.0 Å². The lowest BCUT2D eigenvalue weighted by molar-refractivity contribution is -0.154. The first-order chi connectivity index (χ1) is 15.7. The number of esters is 1. The van der Waals surface area contributed by atoms with E-state index in [1.165, 1.54) is 38.1 Å². The molecule has 0 aromatic heterocycles. The maximum absolute atomic E-state index is 12.4. The molecule has 2 unspecified atom stereocenters. The van der Waals surface area contributed by atoms with E-state index in [-0.39, 0.29) is 4.90 Å². The van der Waals surface area contributed by atoms with Crippen LogP contribution in [0.3, 0.4) is 0 Å². The maximum Gasteiger partial charge on any atom is 0.324 e. The summed E-state index contributed by atoms with van der Waals surface area (Å²) >= 11 is 5.77. The van der Waals surface area contributed by atoms with Crippen LogP contribution in [0.1, 0.15) is 13.8 Å². The number of rotatable bonds is 8. The zero-order chi connectivity index (χ0) is 24.0. The Morgan fingerprint density at radius 2 is 1.64 bits per heavy atom. The van der Waals surface area contributed by atoms with Crippen LogP contribution in [0.4, 0.5) is 11.4 Å². The van der Waals surface area contributed by atoms with Crippen molar-refractivity contribution in [2.45, 2.75) is 30.9 Å². The van der Waals surface area contributed by atoms with E-state index in [0.29, 0.717) is 23.9 Å². The standard InChI is InChI=1S/C22H26ClN3O6S/c1-15(25-33(29,30)20-9-3-17(23)4-10-20)22(28)32-16(2)21(27)24-18-5-7-19(8-6-18)26-11-13-31-14-12-26/h3-10,15-16,25H,11-14H2,1-2H3,(H,24,27). The summed E-state index contributed by atoms with van der Waals surface area (Å²) in [7, 11) is -3.96. The second-order valence-corrected chi connectivity index (χ2v) is 9.66. The van der Waals surface area contributed by atoms with Crippen LogP contribution < -0.4 is 14.9 Å². The third-order valence-corrected chi connectivity index (χ3v) is 6.79. The second kappa shape index (κ2) is 11.0. The highest BCUT2D eigenvalue weighted by atomic mass is 35.5. The van der Waals surface area contributed by atoms with Crippen LogP contribution in [0, 0.1) is 0 Å². The van der Waals surface area contributed by atoms with Gasteiger partial charge in [0.1, 0.15) is 6.04 Å². The van der Waals surface area contributed by atoms with Crippen LogP contribution in [-0.2, 0) is 29.1 Å². The predicted molar refractivity (Wildman–Crippen MR) is 125 cm³/mol. The Morgan fingerprint density at radius 3 is 2.24 bits per heavy atom. The van der Waals surface area contributed by atoms with Crippen LogP contribution in [0.5, 0.6) is 0 Å². The van der Waals surface area contributed by atoms with Crippen molar-refractivity contribution in [2.24, 2.45) is 0 Å². The number of morpholine rings is 1. The van der Waals surface area contributed by atoms with E-state index in [0.717, 1.165) is 18.8 Å². The van der Waals surface area contributed by atoms with Crippen molar-refractivity contribution in [2.75, 3.05) is 36.5 Å². The molecule has 0 aliphatic carbocycles. The van der Waals surface area contributed by atoms with E-state index in [2.05, 4.69) is 14.9 Å². The highest BCUT2D eigenvalue weighted by Gasteiger charge is 2.26. The van der Waals surface area contributed by atoms with Gasteiger partial charge in [-0.3, -0.25) is 9.59 Å². The first-order valence-electron chi connectivity index (χ1n) is 10.4. The summed E-state index contributed by atoms with van der Waals surface area (Å²) in [6, 6.07) is 11.6. The molecule has 1 amide bonds. The van der Waals surface area contributed by atoms with Crippen molar-refractivity contribution >= 4 is 44.9 Å². The van der Waals surface area contributed by atoms with Gasteiger partial charge in [0.25, 0.3) is 5.91 Å². The molecule has 0 radical (unpaired) electrons. The second-order valence-electron chi connectivity index (χ2n) is 7.51. The van der Waals surface area contributed by atoms with E-state index in [4.69, 9.17) is 21.1 Å². The largest absolute Gasteiger partial charge is 0.451 e. The number of anilines is 2. The van der Waals surface area contributed by atoms with E-state index in [9.17, 15) is 18.0 Å². The summed E-state index contributed by atoms with van der Waals surface area (Å²) in [5.74, 6) is -1.41. The fourth-order valence-corrected chi connectivity index (χ4v) is 4.43. The summed E-state index contributed by atoms with van der Waals surface area (Å²) in [5, 5.41) is 3.07. The molecule has 2 aromatic carbocycles. The van der Waals surface area contributed by atoms with Crippen LogP contribution in [-0.4, -0.2) is 58.7 Å². The van der Waals surface area contributed by atoms with Crippen LogP contribution in [0.15, 0.2) is 53.4 Å². The minimum Gasteiger partial charge on any atom is -0.451 e. The number of nitrogens with zero attached hydrogens (tertiary/aromatic N) is 1.